The molecule has 2 aromatic carbocycles. The minimum Gasteiger partial charge on any atom is -0.497 e. The summed E-state index contributed by atoms with van der Waals surface area (Å²) in [6.07, 6.45) is 0. The molecule has 0 aromatic heterocycles. The minimum absolute atomic E-state index is 0.0465. The van der Waals surface area contributed by atoms with Gasteiger partial charge in [0.25, 0.3) is 0 Å². The number of ketones is 1. The maximum atomic E-state index is 12.8. The summed E-state index contributed by atoms with van der Waals surface area (Å²) in [7, 11) is 1.38. The zero-order valence-corrected chi connectivity index (χ0v) is 10.6. The Morgan fingerprint density at radius 2 is 1.60 bits per heavy atom. The number of carbonyl (C=O) groups is 2. The largest absolute Gasteiger partial charge is 0.497 e. The predicted octanol–water partition coefficient (Wildman–Crippen LogP) is 2.76. The predicted molar refractivity (Wildman–Crippen MR) is 69.8 cm³/mol. The number of rotatable bonds is 4. The van der Waals surface area contributed by atoms with Gasteiger partial charge in [-0.3, -0.25) is 4.79 Å². The van der Waals surface area contributed by atoms with Gasteiger partial charge in [0.05, 0.1) is 12.7 Å². The Hall–Kier alpha value is -2.69. The molecule has 0 aliphatic rings. The van der Waals surface area contributed by atoms with Crippen molar-refractivity contribution in [1.29, 1.82) is 0 Å². The van der Waals surface area contributed by atoms with E-state index >= 15 is 0 Å². The number of benzene rings is 2. The third-order valence-corrected chi connectivity index (χ3v) is 2.76. The van der Waals surface area contributed by atoms with Crippen LogP contribution in [0.1, 0.15) is 26.3 Å². The lowest BCUT2D eigenvalue weighted by molar-refractivity contribution is 0.0696. The van der Waals surface area contributed by atoms with Crippen LogP contribution in [-0.2, 0) is 0 Å². The van der Waals surface area contributed by atoms with Gasteiger partial charge >= 0.3 is 5.97 Å². The summed E-state index contributed by atoms with van der Waals surface area (Å²) in [5.74, 6) is -1.72. The first-order valence-electron chi connectivity index (χ1n) is 5.74. The summed E-state index contributed by atoms with van der Waals surface area (Å²) in [5, 5.41) is 9.00. The summed E-state index contributed by atoms with van der Waals surface area (Å²) < 4.78 is 17.8. The average molecular weight is 274 g/mol. The Kier molecular flexibility index (Phi) is 3.79. The summed E-state index contributed by atoms with van der Waals surface area (Å²) in [5.41, 5.74) is 0.402. The molecule has 0 heterocycles. The smallest absolute Gasteiger partial charge is 0.335 e. The van der Waals surface area contributed by atoms with E-state index in [1.54, 1.807) is 0 Å². The highest BCUT2D eigenvalue weighted by Gasteiger charge is 2.14. The van der Waals surface area contributed by atoms with Crippen LogP contribution in [0, 0.1) is 5.82 Å². The molecule has 0 saturated heterocycles. The molecule has 0 fully saturated rings. The van der Waals surface area contributed by atoms with Crippen molar-refractivity contribution < 1.29 is 23.8 Å². The molecule has 0 saturated carbocycles. The lowest BCUT2D eigenvalue weighted by Gasteiger charge is -2.06. The molecule has 2 aromatic rings. The number of halogens is 1. The normalized spacial score (nSPS) is 10.1. The molecule has 20 heavy (non-hydrogen) atoms. The number of carboxylic acid groups (broad SMARTS) is 1. The Bertz CT molecular complexity index is 662. The van der Waals surface area contributed by atoms with E-state index in [-0.39, 0.29) is 22.4 Å². The van der Waals surface area contributed by atoms with Crippen LogP contribution in [0.4, 0.5) is 4.39 Å². The van der Waals surface area contributed by atoms with Crippen molar-refractivity contribution in [3.05, 3.63) is 65.0 Å². The van der Waals surface area contributed by atoms with E-state index in [2.05, 4.69) is 0 Å². The number of hydrogen-bond donors (Lipinski definition) is 1. The Morgan fingerprint density at radius 1 is 1.00 bits per heavy atom. The molecule has 0 amide bonds. The first kappa shape index (κ1) is 13.7. The van der Waals surface area contributed by atoms with E-state index in [1.807, 2.05) is 0 Å². The van der Waals surface area contributed by atoms with Crippen LogP contribution in [0.3, 0.4) is 0 Å². The molecular weight excluding hydrogens is 263 g/mol. The van der Waals surface area contributed by atoms with Crippen molar-refractivity contribution in [2.24, 2.45) is 0 Å². The van der Waals surface area contributed by atoms with Crippen LogP contribution in [0.2, 0.25) is 0 Å². The van der Waals surface area contributed by atoms with Crippen LogP contribution >= 0.6 is 0 Å². The van der Waals surface area contributed by atoms with E-state index < -0.39 is 17.6 Å². The van der Waals surface area contributed by atoms with E-state index in [9.17, 15) is 14.0 Å². The third-order valence-electron chi connectivity index (χ3n) is 2.76. The van der Waals surface area contributed by atoms with E-state index in [1.165, 1.54) is 49.6 Å². The second kappa shape index (κ2) is 5.52. The number of carbonyl (C=O) groups excluding carboxylic acids is 1. The molecule has 2 rings (SSSR count). The van der Waals surface area contributed by atoms with Crippen LogP contribution in [-0.4, -0.2) is 24.0 Å². The molecule has 0 atom stereocenters. The standard InChI is InChI=1S/C15H11FO4/c1-20-13-7-10(6-11(8-13)15(18)19)14(17)9-2-4-12(16)5-3-9/h2-8H,1H3,(H,18,19). The molecule has 1 N–H and O–H groups in total. The minimum atomic E-state index is -1.16. The van der Waals surface area contributed by atoms with Crippen LogP contribution in [0.15, 0.2) is 42.5 Å². The zero-order chi connectivity index (χ0) is 14.7. The van der Waals surface area contributed by atoms with Gasteiger partial charge in [-0.05, 0) is 42.5 Å². The Balaban J connectivity index is 2.45. The average Bonchev–Trinajstić information content (AvgIpc) is 2.46. The molecule has 0 radical (unpaired) electrons. The summed E-state index contributed by atoms with van der Waals surface area (Å²) in [6.45, 7) is 0. The maximum absolute atomic E-state index is 12.8. The molecule has 0 aliphatic heterocycles. The SMILES string of the molecule is COc1cc(C(=O)O)cc(C(=O)c2ccc(F)cc2)c1. The number of aromatic carboxylic acids is 1. The molecule has 5 heteroatoms. The van der Waals surface area contributed by atoms with Gasteiger partial charge in [0.1, 0.15) is 11.6 Å². The lowest BCUT2D eigenvalue weighted by atomic mass is 10.0. The maximum Gasteiger partial charge on any atom is 0.335 e. The highest BCUT2D eigenvalue weighted by Crippen LogP contribution is 2.20. The van der Waals surface area contributed by atoms with Gasteiger partial charge in [-0.1, -0.05) is 0 Å². The topological polar surface area (TPSA) is 63.6 Å². The second-order valence-electron chi connectivity index (χ2n) is 4.09. The Labute approximate surface area is 114 Å². The van der Waals surface area contributed by atoms with Gasteiger partial charge in [-0.25, -0.2) is 9.18 Å². The van der Waals surface area contributed by atoms with Gasteiger partial charge < -0.3 is 9.84 Å². The lowest BCUT2D eigenvalue weighted by Crippen LogP contribution is -2.05. The summed E-state index contributed by atoms with van der Waals surface area (Å²) in [6, 6.07) is 9.06. The van der Waals surface area contributed by atoms with Crippen molar-refractivity contribution >= 4 is 11.8 Å². The van der Waals surface area contributed by atoms with Crippen LogP contribution < -0.4 is 4.74 Å². The molecule has 0 spiro atoms. The van der Waals surface area contributed by atoms with Crippen molar-refractivity contribution in [2.45, 2.75) is 0 Å². The van der Waals surface area contributed by atoms with Gasteiger partial charge in [-0.15, -0.1) is 0 Å². The third kappa shape index (κ3) is 2.83. The quantitative estimate of drug-likeness (QED) is 0.871. The number of ether oxygens (including phenoxy) is 1. The fraction of sp³-hybridized carbons (Fsp3) is 0.0667. The fourth-order valence-corrected chi connectivity index (χ4v) is 1.74. The van der Waals surface area contributed by atoms with Gasteiger partial charge in [0.15, 0.2) is 5.78 Å². The zero-order valence-electron chi connectivity index (χ0n) is 10.6. The van der Waals surface area contributed by atoms with E-state index in [4.69, 9.17) is 9.84 Å². The first-order chi connectivity index (χ1) is 9.51. The molecule has 0 bridgehead atoms. The second-order valence-corrected chi connectivity index (χ2v) is 4.09. The van der Waals surface area contributed by atoms with Gasteiger partial charge in [0, 0.05) is 11.1 Å². The molecule has 0 unspecified atom stereocenters. The van der Waals surface area contributed by atoms with E-state index in [0.29, 0.717) is 0 Å². The summed E-state index contributed by atoms with van der Waals surface area (Å²) in [4.78, 5) is 23.2. The van der Waals surface area contributed by atoms with Crippen LogP contribution in [0.5, 0.6) is 5.75 Å². The first-order valence-corrected chi connectivity index (χ1v) is 5.74. The number of carboxylic acids is 1. The van der Waals surface area contributed by atoms with Crippen molar-refractivity contribution in [3.8, 4) is 5.75 Å². The monoisotopic (exact) mass is 274 g/mol. The van der Waals surface area contributed by atoms with Crippen LogP contribution in [0.25, 0.3) is 0 Å². The van der Waals surface area contributed by atoms with E-state index in [0.717, 1.165) is 0 Å². The van der Waals surface area contributed by atoms with Crippen molar-refractivity contribution in [2.75, 3.05) is 7.11 Å². The number of methoxy groups -OCH3 is 1. The highest BCUT2D eigenvalue weighted by molar-refractivity contribution is 6.10. The highest BCUT2D eigenvalue weighted by atomic mass is 19.1. The Morgan fingerprint density at radius 3 is 2.15 bits per heavy atom. The molecule has 0 aliphatic carbocycles. The van der Waals surface area contributed by atoms with Crippen molar-refractivity contribution in [3.63, 3.8) is 0 Å². The molecular formula is C15H11FO4. The summed E-state index contributed by atoms with van der Waals surface area (Å²) >= 11 is 0. The van der Waals surface area contributed by atoms with Crippen molar-refractivity contribution in [1.82, 2.24) is 0 Å². The fourth-order valence-electron chi connectivity index (χ4n) is 1.74. The van der Waals surface area contributed by atoms with Gasteiger partial charge in [0.2, 0.25) is 0 Å². The molecule has 4 nitrogen and oxygen atoms in total. The number of hydrogen-bond acceptors (Lipinski definition) is 3. The van der Waals surface area contributed by atoms with Gasteiger partial charge in [-0.2, -0.15) is 0 Å². The molecule has 102 valence electrons.